The van der Waals surface area contributed by atoms with E-state index in [9.17, 15) is 8.78 Å². The van der Waals surface area contributed by atoms with Crippen LogP contribution >= 0.6 is 0 Å². The average Bonchev–Trinajstić information content (AvgIpc) is 2.31. The summed E-state index contributed by atoms with van der Waals surface area (Å²) in [5.41, 5.74) is 5.71. The summed E-state index contributed by atoms with van der Waals surface area (Å²) in [7, 11) is 0. The lowest BCUT2D eigenvalue weighted by Gasteiger charge is -2.44. The van der Waals surface area contributed by atoms with Crippen molar-refractivity contribution in [3.8, 4) is 0 Å². The molecule has 0 amide bonds. The standard InChI is InChI=1S/C8H10F2N2/c9-8(10)4-7(11,5-8)6-1-2-12-3-6/h1-3,12H,4-5,11H2. The molecule has 1 heterocycles. The normalized spacial score (nSPS) is 24.9. The highest BCUT2D eigenvalue weighted by Gasteiger charge is 2.55. The predicted molar refractivity (Wildman–Crippen MR) is 40.8 cm³/mol. The first-order chi connectivity index (χ1) is 5.52. The van der Waals surface area contributed by atoms with Gasteiger partial charge in [-0.1, -0.05) is 0 Å². The van der Waals surface area contributed by atoms with Crippen LogP contribution in [0.5, 0.6) is 0 Å². The molecule has 3 N–H and O–H groups in total. The maximum Gasteiger partial charge on any atom is 0.252 e. The molecular formula is C8H10F2N2. The Morgan fingerprint density at radius 3 is 2.50 bits per heavy atom. The highest BCUT2D eigenvalue weighted by atomic mass is 19.3. The first kappa shape index (κ1) is 7.73. The molecule has 4 heteroatoms. The summed E-state index contributed by atoms with van der Waals surface area (Å²) in [6.07, 6.45) is 2.89. The lowest BCUT2D eigenvalue weighted by atomic mass is 9.71. The minimum atomic E-state index is -2.56. The minimum Gasteiger partial charge on any atom is -0.367 e. The maximum absolute atomic E-state index is 12.5. The van der Waals surface area contributed by atoms with E-state index in [4.69, 9.17) is 5.73 Å². The highest BCUT2D eigenvalue weighted by Crippen LogP contribution is 2.49. The van der Waals surface area contributed by atoms with Gasteiger partial charge in [0.05, 0.1) is 5.54 Å². The first-order valence-corrected chi connectivity index (χ1v) is 3.82. The molecule has 1 aliphatic rings. The zero-order valence-electron chi connectivity index (χ0n) is 6.48. The molecule has 1 aromatic rings. The van der Waals surface area contributed by atoms with Gasteiger partial charge in [-0.15, -0.1) is 0 Å². The number of halogens is 2. The van der Waals surface area contributed by atoms with Gasteiger partial charge < -0.3 is 10.7 Å². The highest BCUT2D eigenvalue weighted by molar-refractivity contribution is 5.25. The van der Waals surface area contributed by atoms with Crippen molar-refractivity contribution in [2.45, 2.75) is 24.3 Å². The number of alkyl halides is 2. The van der Waals surface area contributed by atoms with Crippen molar-refractivity contribution in [3.05, 3.63) is 24.0 Å². The van der Waals surface area contributed by atoms with E-state index in [1.165, 1.54) is 0 Å². The number of aromatic amines is 1. The molecule has 2 rings (SSSR count). The lowest BCUT2D eigenvalue weighted by Crippen LogP contribution is -2.55. The SMILES string of the molecule is NC1(c2cc[nH]c2)CC(F)(F)C1. The first-order valence-electron chi connectivity index (χ1n) is 3.82. The second-order valence-corrected chi connectivity index (χ2v) is 3.47. The van der Waals surface area contributed by atoms with Gasteiger partial charge in [0.15, 0.2) is 0 Å². The summed E-state index contributed by atoms with van der Waals surface area (Å²) in [4.78, 5) is 2.81. The molecule has 66 valence electrons. The lowest BCUT2D eigenvalue weighted by molar-refractivity contribution is -0.125. The molecule has 1 saturated carbocycles. The Bertz CT molecular complexity index is 271. The van der Waals surface area contributed by atoms with Gasteiger partial charge in [0.2, 0.25) is 0 Å². The van der Waals surface area contributed by atoms with E-state index < -0.39 is 11.5 Å². The Labute approximate surface area is 68.8 Å². The zero-order valence-corrected chi connectivity index (χ0v) is 6.48. The van der Waals surface area contributed by atoms with Crippen molar-refractivity contribution < 1.29 is 8.78 Å². The van der Waals surface area contributed by atoms with Gasteiger partial charge >= 0.3 is 0 Å². The molecule has 1 aliphatic carbocycles. The van der Waals surface area contributed by atoms with Crippen molar-refractivity contribution in [1.82, 2.24) is 4.98 Å². The smallest absolute Gasteiger partial charge is 0.252 e. The number of hydrogen-bond acceptors (Lipinski definition) is 1. The van der Waals surface area contributed by atoms with E-state index >= 15 is 0 Å². The number of H-pyrrole nitrogens is 1. The fraction of sp³-hybridized carbons (Fsp3) is 0.500. The van der Waals surface area contributed by atoms with Gasteiger partial charge in [0.25, 0.3) is 5.92 Å². The number of aromatic nitrogens is 1. The fourth-order valence-corrected chi connectivity index (χ4v) is 1.71. The van der Waals surface area contributed by atoms with Crippen LogP contribution in [0.15, 0.2) is 18.5 Å². The minimum absolute atomic E-state index is 0.238. The van der Waals surface area contributed by atoms with Crippen molar-refractivity contribution in [2.75, 3.05) is 0 Å². The van der Waals surface area contributed by atoms with Crippen molar-refractivity contribution in [1.29, 1.82) is 0 Å². The topological polar surface area (TPSA) is 41.8 Å². The molecule has 0 spiro atoms. The van der Waals surface area contributed by atoms with Crippen molar-refractivity contribution in [2.24, 2.45) is 5.73 Å². The van der Waals surface area contributed by atoms with Crippen LogP contribution in [0, 0.1) is 0 Å². The second-order valence-electron chi connectivity index (χ2n) is 3.47. The summed E-state index contributed by atoms with van der Waals surface area (Å²) in [6, 6.07) is 1.75. The molecule has 0 aliphatic heterocycles. The van der Waals surface area contributed by atoms with Crippen molar-refractivity contribution in [3.63, 3.8) is 0 Å². The van der Waals surface area contributed by atoms with Gasteiger partial charge in [-0.25, -0.2) is 8.78 Å². The number of nitrogens with two attached hydrogens (primary N) is 1. The third kappa shape index (κ3) is 1.03. The van der Waals surface area contributed by atoms with Crippen LogP contribution in [0.3, 0.4) is 0 Å². The Balaban J connectivity index is 2.18. The largest absolute Gasteiger partial charge is 0.367 e. The molecule has 12 heavy (non-hydrogen) atoms. The van der Waals surface area contributed by atoms with Gasteiger partial charge in [0.1, 0.15) is 0 Å². The molecule has 0 bridgehead atoms. The summed E-state index contributed by atoms with van der Waals surface area (Å²) >= 11 is 0. The van der Waals surface area contributed by atoms with Gasteiger partial charge in [-0.3, -0.25) is 0 Å². The fourth-order valence-electron chi connectivity index (χ4n) is 1.71. The number of nitrogens with one attached hydrogen (secondary N) is 1. The molecule has 1 aromatic heterocycles. The molecule has 2 nitrogen and oxygen atoms in total. The summed E-state index contributed by atoms with van der Waals surface area (Å²) in [6.45, 7) is 0. The van der Waals surface area contributed by atoms with E-state index in [1.807, 2.05) is 0 Å². The zero-order chi connectivity index (χ0) is 8.82. The maximum atomic E-state index is 12.5. The van der Waals surface area contributed by atoms with Gasteiger partial charge in [-0.2, -0.15) is 0 Å². The quantitative estimate of drug-likeness (QED) is 0.663. The Kier molecular flexibility index (Phi) is 1.33. The van der Waals surface area contributed by atoms with E-state index in [-0.39, 0.29) is 12.8 Å². The molecule has 0 radical (unpaired) electrons. The van der Waals surface area contributed by atoms with Crippen LogP contribution in [-0.4, -0.2) is 10.9 Å². The van der Waals surface area contributed by atoms with Crippen LogP contribution in [-0.2, 0) is 5.54 Å². The molecule has 0 saturated heterocycles. The molecule has 0 unspecified atom stereocenters. The summed E-state index contributed by atoms with van der Waals surface area (Å²) in [5.74, 6) is -2.56. The van der Waals surface area contributed by atoms with Crippen LogP contribution < -0.4 is 5.73 Å². The summed E-state index contributed by atoms with van der Waals surface area (Å²) < 4.78 is 25.1. The van der Waals surface area contributed by atoms with Crippen LogP contribution in [0.2, 0.25) is 0 Å². The van der Waals surface area contributed by atoms with E-state index in [0.717, 1.165) is 5.56 Å². The van der Waals surface area contributed by atoms with E-state index in [1.54, 1.807) is 18.5 Å². The number of hydrogen-bond donors (Lipinski definition) is 2. The number of rotatable bonds is 1. The van der Waals surface area contributed by atoms with Gasteiger partial charge in [-0.05, 0) is 11.6 Å². The molecule has 0 aromatic carbocycles. The Morgan fingerprint density at radius 1 is 1.42 bits per heavy atom. The second kappa shape index (κ2) is 2.07. The monoisotopic (exact) mass is 172 g/mol. The van der Waals surface area contributed by atoms with E-state index in [2.05, 4.69) is 4.98 Å². The predicted octanol–water partition coefficient (Wildman–Crippen LogP) is 1.60. The van der Waals surface area contributed by atoms with Crippen LogP contribution in [0.1, 0.15) is 18.4 Å². The third-order valence-electron chi connectivity index (χ3n) is 2.32. The van der Waals surface area contributed by atoms with Crippen LogP contribution in [0.4, 0.5) is 8.78 Å². The van der Waals surface area contributed by atoms with Crippen LogP contribution in [0.25, 0.3) is 0 Å². The Morgan fingerprint density at radius 2 is 2.08 bits per heavy atom. The molecule has 1 fully saturated rings. The third-order valence-corrected chi connectivity index (χ3v) is 2.32. The van der Waals surface area contributed by atoms with Gasteiger partial charge in [0, 0.05) is 25.2 Å². The molecule has 0 atom stereocenters. The Hall–Kier alpha value is -0.900. The van der Waals surface area contributed by atoms with Crippen molar-refractivity contribution >= 4 is 0 Å². The summed E-state index contributed by atoms with van der Waals surface area (Å²) in [5, 5.41) is 0. The van der Waals surface area contributed by atoms with E-state index in [0.29, 0.717) is 0 Å². The average molecular weight is 172 g/mol. The molecular weight excluding hydrogens is 162 g/mol.